The van der Waals surface area contributed by atoms with Gasteiger partial charge in [0.2, 0.25) is 0 Å². The van der Waals surface area contributed by atoms with Crippen molar-refractivity contribution in [1.29, 1.82) is 0 Å². The molecule has 0 heterocycles. The minimum atomic E-state index is -4.96. The molecule has 2 unspecified atom stereocenters. The quantitative estimate of drug-likeness (QED) is 0.0169. The Morgan fingerprint density at radius 1 is 0.326 bits per heavy atom. The van der Waals surface area contributed by atoms with Gasteiger partial charge in [-0.25, -0.2) is 9.13 Å². The maximum absolute atomic E-state index is 13.1. The number of aliphatic hydroxyl groups excluding tert-OH is 1. The summed E-state index contributed by atoms with van der Waals surface area (Å²) in [4.78, 5) is 72.7. The molecule has 0 aromatic heterocycles. The number of esters is 4. The Labute approximate surface area is 580 Å². The zero-order valence-electron chi connectivity index (χ0n) is 61.3. The first-order chi connectivity index (χ1) is 46.0. The standard InChI is InChI=1S/C76H144O17P2/c1-6-9-12-15-18-21-24-26-28-29-30-31-33-35-37-40-46-51-56-61-75(80)92-71(65-87-74(79)60-55-50-45-39-36-34-32-27-25-22-19-16-13-10-7-2)67-90-94(82,83)88-63-70(77)64-89-95(84,85)91-68-72(66-86-73(78)59-54-49-44-38-23-20-17-14-11-8-3)93-76(81)62-57-52-47-42-41-43-48-53-58-69(4)5/h22,25,27,32,69-72,77H,6-21,23-24,26,28-31,33-68H2,1-5H3,(H,82,83)(H,84,85)/b25-22-,32-27-/t70-,71-,72-/m1/s1. The largest absolute Gasteiger partial charge is 0.472 e. The minimum Gasteiger partial charge on any atom is -0.462 e. The third kappa shape index (κ3) is 69.8. The summed E-state index contributed by atoms with van der Waals surface area (Å²) < 4.78 is 68.4. The number of carbonyl (C=O) groups is 4. The zero-order valence-corrected chi connectivity index (χ0v) is 63.1. The molecule has 0 bridgehead atoms. The van der Waals surface area contributed by atoms with Crippen molar-refractivity contribution in [3.05, 3.63) is 24.3 Å². The Bertz CT molecular complexity index is 1920. The van der Waals surface area contributed by atoms with Crippen LogP contribution in [-0.4, -0.2) is 96.7 Å². The molecular weight excluding hydrogens is 1250 g/mol. The van der Waals surface area contributed by atoms with Crippen molar-refractivity contribution >= 4 is 39.5 Å². The van der Waals surface area contributed by atoms with Gasteiger partial charge in [0.25, 0.3) is 0 Å². The van der Waals surface area contributed by atoms with E-state index in [4.69, 9.17) is 37.0 Å². The van der Waals surface area contributed by atoms with E-state index in [9.17, 15) is 43.2 Å². The van der Waals surface area contributed by atoms with E-state index in [1.165, 1.54) is 180 Å². The van der Waals surface area contributed by atoms with Gasteiger partial charge < -0.3 is 33.8 Å². The Hall–Kier alpha value is -2.46. The highest BCUT2D eigenvalue weighted by Crippen LogP contribution is 2.45. The number of allylic oxidation sites excluding steroid dienone is 4. The number of carbonyl (C=O) groups excluding carboxylic acids is 4. The first-order valence-corrected chi connectivity index (χ1v) is 41.9. The lowest BCUT2D eigenvalue weighted by atomic mass is 10.0. The van der Waals surface area contributed by atoms with E-state index in [2.05, 4.69) is 58.9 Å². The Morgan fingerprint density at radius 3 is 0.863 bits per heavy atom. The van der Waals surface area contributed by atoms with Crippen molar-refractivity contribution < 1.29 is 80.2 Å². The number of hydrogen-bond donors (Lipinski definition) is 3. The summed E-state index contributed by atoms with van der Waals surface area (Å²) in [6.45, 7) is 7.17. The van der Waals surface area contributed by atoms with E-state index in [-0.39, 0.29) is 25.7 Å². The highest BCUT2D eigenvalue weighted by Gasteiger charge is 2.30. The fourth-order valence-electron chi connectivity index (χ4n) is 11.2. The summed E-state index contributed by atoms with van der Waals surface area (Å²) in [5.41, 5.74) is 0. The summed E-state index contributed by atoms with van der Waals surface area (Å²) >= 11 is 0. The van der Waals surface area contributed by atoms with Gasteiger partial charge in [0.15, 0.2) is 12.2 Å². The van der Waals surface area contributed by atoms with Crippen molar-refractivity contribution in [3.8, 4) is 0 Å². The van der Waals surface area contributed by atoms with Crippen LogP contribution in [0.2, 0.25) is 0 Å². The molecule has 0 amide bonds. The normalized spacial score (nSPS) is 14.1. The molecule has 0 radical (unpaired) electrons. The Morgan fingerprint density at radius 2 is 0.568 bits per heavy atom. The molecule has 3 N–H and O–H groups in total. The second kappa shape index (κ2) is 68.7. The van der Waals surface area contributed by atoms with Gasteiger partial charge >= 0.3 is 39.5 Å². The predicted molar refractivity (Wildman–Crippen MR) is 386 cm³/mol. The number of aliphatic hydroxyl groups is 1. The maximum Gasteiger partial charge on any atom is 0.472 e. The highest BCUT2D eigenvalue weighted by molar-refractivity contribution is 7.47. The fraction of sp³-hybridized carbons (Fsp3) is 0.895. The van der Waals surface area contributed by atoms with Crippen LogP contribution in [-0.2, 0) is 65.4 Å². The molecule has 95 heavy (non-hydrogen) atoms. The summed E-state index contributed by atoms with van der Waals surface area (Å²) in [6.07, 6.45) is 60.5. The van der Waals surface area contributed by atoms with E-state index >= 15 is 0 Å². The summed E-state index contributed by atoms with van der Waals surface area (Å²) in [5, 5.41) is 10.6. The van der Waals surface area contributed by atoms with Crippen molar-refractivity contribution in [1.82, 2.24) is 0 Å². The van der Waals surface area contributed by atoms with E-state index in [1.807, 2.05) is 0 Å². The van der Waals surface area contributed by atoms with Gasteiger partial charge in [0, 0.05) is 25.7 Å². The molecule has 0 fully saturated rings. The van der Waals surface area contributed by atoms with E-state index in [0.29, 0.717) is 25.7 Å². The number of unbranched alkanes of at least 4 members (excludes halogenated alkanes) is 43. The van der Waals surface area contributed by atoms with Gasteiger partial charge in [0.1, 0.15) is 19.3 Å². The SMILES string of the molecule is CCCCCC/C=C\C=C/CCCCCCCC(=O)OC[C@H](COP(=O)(O)OC[C@@H](O)COP(=O)(O)OC[C@@H](COC(=O)CCCCCCCCCCCC)OC(=O)CCCCCCCCCCC(C)C)OC(=O)CCCCCCCCCCCCCCCCCCCCC. The monoisotopic (exact) mass is 1390 g/mol. The van der Waals surface area contributed by atoms with Crippen LogP contribution >= 0.6 is 15.6 Å². The summed E-state index contributed by atoms with van der Waals surface area (Å²) in [7, 11) is -9.92. The lowest BCUT2D eigenvalue weighted by molar-refractivity contribution is -0.161. The molecule has 0 rings (SSSR count). The lowest BCUT2D eigenvalue weighted by Gasteiger charge is -2.21. The van der Waals surface area contributed by atoms with Gasteiger partial charge in [-0.3, -0.25) is 37.3 Å². The van der Waals surface area contributed by atoms with Gasteiger partial charge in [-0.2, -0.15) is 0 Å². The van der Waals surface area contributed by atoms with Crippen molar-refractivity contribution in [2.75, 3.05) is 39.6 Å². The predicted octanol–water partition coefficient (Wildman–Crippen LogP) is 22.0. The number of phosphoric acid groups is 2. The van der Waals surface area contributed by atoms with Crippen LogP contribution in [0.3, 0.4) is 0 Å². The molecule has 0 saturated heterocycles. The Kier molecular flexibility index (Phi) is 66.9. The molecule has 0 aromatic carbocycles. The molecule has 0 aliphatic heterocycles. The van der Waals surface area contributed by atoms with Crippen LogP contribution in [0.1, 0.15) is 375 Å². The van der Waals surface area contributed by atoms with Crippen molar-refractivity contribution in [2.24, 2.45) is 5.92 Å². The molecule has 0 aromatic rings. The molecule has 17 nitrogen and oxygen atoms in total. The van der Waals surface area contributed by atoms with Gasteiger partial charge in [-0.15, -0.1) is 0 Å². The molecule has 0 aliphatic rings. The second-order valence-corrected chi connectivity index (χ2v) is 30.1. The van der Waals surface area contributed by atoms with Gasteiger partial charge in [0.05, 0.1) is 26.4 Å². The maximum atomic E-state index is 13.1. The average molecular weight is 1390 g/mol. The van der Waals surface area contributed by atoms with Crippen LogP contribution in [0.5, 0.6) is 0 Å². The molecule has 0 aliphatic carbocycles. The number of rotatable bonds is 74. The summed E-state index contributed by atoms with van der Waals surface area (Å²) in [5.74, 6) is -1.43. The first kappa shape index (κ1) is 92.5. The molecular formula is C76H144O17P2. The minimum absolute atomic E-state index is 0.102. The average Bonchev–Trinajstić information content (AvgIpc) is 2.38. The van der Waals surface area contributed by atoms with Crippen molar-refractivity contribution in [3.63, 3.8) is 0 Å². The number of hydrogen-bond acceptors (Lipinski definition) is 15. The van der Waals surface area contributed by atoms with E-state index in [1.54, 1.807) is 0 Å². The highest BCUT2D eigenvalue weighted by atomic mass is 31.2. The van der Waals surface area contributed by atoms with E-state index in [0.717, 1.165) is 115 Å². The van der Waals surface area contributed by atoms with Crippen LogP contribution in [0.4, 0.5) is 0 Å². The third-order valence-corrected chi connectivity index (χ3v) is 19.1. The molecule has 0 spiro atoms. The third-order valence-electron chi connectivity index (χ3n) is 17.2. The molecule has 0 saturated carbocycles. The Balaban J connectivity index is 5.25. The molecule has 19 heteroatoms. The first-order valence-electron chi connectivity index (χ1n) is 39.0. The van der Waals surface area contributed by atoms with Crippen LogP contribution in [0.15, 0.2) is 24.3 Å². The molecule has 560 valence electrons. The smallest absolute Gasteiger partial charge is 0.462 e. The van der Waals surface area contributed by atoms with Gasteiger partial charge in [-0.05, 0) is 57.3 Å². The second-order valence-electron chi connectivity index (χ2n) is 27.2. The van der Waals surface area contributed by atoms with Crippen LogP contribution in [0.25, 0.3) is 0 Å². The topological polar surface area (TPSA) is 237 Å². The van der Waals surface area contributed by atoms with Crippen molar-refractivity contribution in [2.45, 2.75) is 393 Å². The lowest BCUT2D eigenvalue weighted by Crippen LogP contribution is -2.30. The summed E-state index contributed by atoms with van der Waals surface area (Å²) in [6, 6.07) is 0. The van der Waals surface area contributed by atoms with Gasteiger partial charge in [-0.1, -0.05) is 322 Å². The van der Waals surface area contributed by atoms with Crippen LogP contribution < -0.4 is 0 Å². The van der Waals surface area contributed by atoms with E-state index < -0.39 is 97.5 Å². The number of ether oxygens (including phenoxy) is 4. The fourth-order valence-corrected chi connectivity index (χ4v) is 12.7. The number of phosphoric ester groups is 2. The van der Waals surface area contributed by atoms with Crippen LogP contribution in [0, 0.1) is 5.92 Å². The molecule has 5 atom stereocenters. The zero-order chi connectivity index (χ0) is 69.8.